The quantitative estimate of drug-likeness (QED) is 0.380. The molecule has 2 fully saturated rings. The summed E-state index contributed by atoms with van der Waals surface area (Å²) in [6.45, 7) is 9.70. The van der Waals surface area contributed by atoms with Crippen LogP contribution in [0.2, 0.25) is 30.7 Å². The number of rotatable bonds is 6. The van der Waals surface area contributed by atoms with Crippen molar-refractivity contribution in [3.63, 3.8) is 0 Å². The van der Waals surface area contributed by atoms with Crippen LogP contribution in [0.25, 0.3) is 0 Å². The molecule has 1 heterocycles. The van der Waals surface area contributed by atoms with Gasteiger partial charge in [-0.25, -0.2) is 0 Å². The van der Waals surface area contributed by atoms with Crippen LogP contribution in [0.5, 0.6) is 0 Å². The summed E-state index contributed by atoms with van der Waals surface area (Å²) in [5.74, 6) is 1.97. The number of unbranched alkanes of at least 4 members (excludes halogenated alkanes) is 2. The zero-order chi connectivity index (χ0) is 18.6. The Morgan fingerprint density at radius 2 is 1.62 bits per heavy atom. The van der Waals surface area contributed by atoms with Gasteiger partial charge in [0.25, 0.3) is 0 Å². The first-order valence-corrected chi connectivity index (χ1v) is 16.7. The summed E-state index contributed by atoms with van der Waals surface area (Å²) in [7, 11) is -0.999. The van der Waals surface area contributed by atoms with E-state index in [2.05, 4.69) is 50.8 Å². The molecule has 3 rings (SSSR count). The zero-order valence-corrected chi connectivity index (χ0v) is 20.4. The molecule has 1 aliphatic heterocycles. The first-order valence-electron chi connectivity index (χ1n) is 11.5. The number of hydrogen-bond donors (Lipinski definition) is 0. The second-order valence-electron chi connectivity index (χ2n) is 10.6. The standard InChI is InChI=1S/C24H42Si2/c1-5-6-7-8-20-13-16-24(25-19-20)17-14-22(15-18-24)21-9-11-23(12-10-21)26(2,3)4/h9-12,20,22H,5-8,13-19,25H2,1-4H3. The van der Waals surface area contributed by atoms with Gasteiger partial charge < -0.3 is 0 Å². The molecule has 1 aliphatic carbocycles. The van der Waals surface area contributed by atoms with Crippen molar-refractivity contribution in [2.45, 2.75) is 108 Å². The molecule has 0 aromatic heterocycles. The lowest BCUT2D eigenvalue weighted by molar-refractivity contribution is 0.279. The fraction of sp³-hybridized carbons (Fsp3) is 0.750. The molecule has 0 bridgehead atoms. The van der Waals surface area contributed by atoms with Gasteiger partial charge >= 0.3 is 0 Å². The van der Waals surface area contributed by atoms with Gasteiger partial charge in [0.1, 0.15) is 0 Å². The van der Waals surface area contributed by atoms with Crippen molar-refractivity contribution in [2.75, 3.05) is 0 Å². The summed E-state index contributed by atoms with van der Waals surface area (Å²) in [5, 5.41) is 2.48. The maximum absolute atomic E-state index is 2.47. The van der Waals surface area contributed by atoms with Gasteiger partial charge in [0.15, 0.2) is 0 Å². The summed E-state index contributed by atoms with van der Waals surface area (Å²) < 4.78 is 0. The smallest absolute Gasteiger partial charge is 0.0656 e. The van der Waals surface area contributed by atoms with E-state index >= 15 is 0 Å². The van der Waals surface area contributed by atoms with Crippen molar-refractivity contribution >= 4 is 22.8 Å². The van der Waals surface area contributed by atoms with Gasteiger partial charge in [-0.2, -0.15) is 0 Å². The minimum Gasteiger partial charge on any atom is -0.0656 e. The minimum absolute atomic E-state index is 0.152. The second kappa shape index (κ2) is 8.77. The topological polar surface area (TPSA) is 0 Å². The highest BCUT2D eigenvalue weighted by Gasteiger charge is 2.38. The summed E-state index contributed by atoms with van der Waals surface area (Å²) >= 11 is 0. The van der Waals surface area contributed by atoms with Gasteiger partial charge in [-0.3, -0.25) is 0 Å². The molecule has 0 radical (unpaired) electrons. The van der Waals surface area contributed by atoms with Crippen LogP contribution in [0, 0.1) is 5.92 Å². The molecule has 26 heavy (non-hydrogen) atoms. The third-order valence-electron chi connectivity index (χ3n) is 7.68. The average molecular weight is 387 g/mol. The van der Waals surface area contributed by atoms with Crippen LogP contribution in [0.4, 0.5) is 0 Å². The van der Waals surface area contributed by atoms with E-state index in [1.807, 2.05) is 0 Å². The van der Waals surface area contributed by atoms with Crippen molar-refractivity contribution in [2.24, 2.45) is 5.92 Å². The van der Waals surface area contributed by atoms with E-state index < -0.39 is 8.07 Å². The Hall–Kier alpha value is -0.346. The van der Waals surface area contributed by atoms with E-state index in [-0.39, 0.29) is 9.52 Å². The van der Waals surface area contributed by atoms with Crippen LogP contribution in [0.3, 0.4) is 0 Å². The summed E-state index contributed by atoms with van der Waals surface area (Å²) in [5.41, 5.74) is 1.64. The van der Waals surface area contributed by atoms with Crippen LogP contribution in [0.15, 0.2) is 24.3 Å². The van der Waals surface area contributed by atoms with Crippen LogP contribution >= 0.6 is 0 Å². The Morgan fingerprint density at radius 1 is 0.962 bits per heavy atom. The van der Waals surface area contributed by atoms with Gasteiger partial charge in [0.2, 0.25) is 0 Å². The maximum Gasteiger partial charge on any atom is 0.0775 e. The molecule has 2 aliphatic rings. The van der Waals surface area contributed by atoms with Crippen molar-refractivity contribution in [1.82, 2.24) is 0 Å². The fourth-order valence-corrected chi connectivity index (χ4v) is 9.71. The molecule has 1 unspecified atom stereocenters. The van der Waals surface area contributed by atoms with Crippen LogP contribution < -0.4 is 5.19 Å². The summed E-state index contributed by atoms with van der Waals surface area (Å²) in [4.78, 5) is 0. The Morgan fingerprint density at radius 3 is 2.15 bits per heavy atom. The predicted molar refractivity (Wildman–Crippen MR) is 124 cm³/mol. The summed E-state index contributed by atoms with van der Waals surface area (Å²) in [6.07, 6.45) is 15.1. The van der Waals surface area contributed by atoms with Crippen LogP contribution in [-0.2, 0) is 0 Å². The van der Waals surface area contributed by atoms with E-state index in [1.165, 1.54) is 32.1 Å². The van der Waals surface area contributed by atoms with E-state index in [0.29, 0.717) is 0 Å². The number of benzene rings is 1. The molecule has 2 heteroatoms. The predicted octanol–water partition coefficient (Wildman–Crippen LogP) is 6.63. The Kier molecular flexibility index (Phi) is 6.88. The van der Waals surface area contributed by atoms with Crippen molar-refractivity contribution in [1.29, 1.82) is 0 Å². The maximum atomic E-state index is 2.47. The molecule has 1 saturated heterocycles. The molecule has 0 amide bonds. The van der Waals surface area contributed by atoms with Crippen molar-refractivity contribution < 1.29 is 0 Å². The lowest BCUT2D eigenvalue weighted by atomic mass is 9.75. The van der Waals surface area contributed by atoms with Gasteiger partial charge in [-0.05, 0) is 48.1 Å². The zero-order valence-electron chi connectivity index (χ0n) is 17.9. The third kappa shape index (κ3) is 5.13. The molecule has 1 spiro atoms. The molecule has 146 valence electrons. The van der Waals surface area contributed by atoms with Gasteiger partial charge in [-0.15, -0.1) is 0 Å². The Bertz CT molecular complexity index is 537. The minimum atomic E-state index is -1.15. The Labute approximate surface area is 166 Å². The molecule has 1 aromatic carbocycles. The van der Waals surface area contributed by atoms with Gasteiger partial charge in [0, 0.05) is 9.52 Å². The second-order valence-corrected chi connectivity index (χ2v) is 18.2. The molecule has 1 aromatic rings. The molecular weight excluding hydrogens is 344 g/mol. The molecule has 0 N–H and O–H groups in total. The third-order valence-corrected chi connectivity index (χ3v) is 13.0. The largest absolute Gasteiger partial charge is 0.0775 e. The fourth-order valence-electron chi connectivity index (χ4n) is 5.58. The van der Waals surface area contributed by atoms with E-state index in [0.717, 1.165) is 16.9 Å². The van der Waals surface area contributed by atoms with Crippen molar-refractivity contribution in [3.8, 4) is 0 Å². The van der Waals surface area contributed by atoms with E-state index in [4.69, 9.17) is 0 Å². The number of hydrogen-bond acceptors (Lipinski definition) is 0. The van der Waals surface area contributed by atoms with Crippen molar-refractivity contribution in [3.05, 3.63) is 29.8 Å². The molecule has 1 saturated carbocycles. The normalized spacial score (nSPS) is 30.8. The average Bonchev–Trinajstić information content (AvgIpc) is 2.64. The SMILES string of the molecule is CCCCCC1CCC2(CCC(c3ccc([Si](C)(C)C)cc3)CC2)[SiH2]C1. The summed E-state index contributed by atoms with van der Waals surface area (Å²) in [6, 6.07) is 11.5. The monoisotopic (exact) mass is 386 g/mol. The van der Waals surface area contributed by atoms with E-state index in [1.54, 1.807) is 48.9 Å². The highest BCUT2D eigenvalue weighted by Crippen LogP contribution is 2.54. The lowest BCUT2D eigenvalue weighted by Gasteiger charge is -2.45. The molecule has 0 nitrogen and oxygen atoms in total. The first-order chi connectivity index (χ1) is 12.4. The molecule has 1 atom stereocenters. The van der Waals surface area contributed by atoms with E-state index in [9.17, 15) is 0 Å². The van der Waals surface area contributed by atoms with Gasteiger partial charge in [-0.1, -0.05) is 101 Å². The lowest BCUT2D eigenvalue weighted by Crippen LogP contribution is -2.37. The van der Waals surface area contributed by atoms with Crippen LogP contribution in [-0.4, -0.2) is 17.6 Å². The van der Waals surface area contributed by atoms with Crippen LogP contribution in [0.1, 0.15) is 82.6 Å². The van der Waals surface area contributed by atoms with Gasteiger partial charge in [0.05, 0.1) is 8.07 Å². The molecular formula is C24H42Si2. The highest BCUT2D eigenvalue weighted by atomic mass is 28.3. The Balaban J connectivity index is 1.49. The highest BCUT2D eigenvalue weighted by molar-refractivity contribution is 6.88. The first kappa shape index (κ1) is 20.4.